The van der Waals surface area contributed by atoms with Gasteiger partial charge in [-0.2, -0.15) is 0 Å². The quantitative estimate of drug-likeness (QED) is 0.569. The van der Waals surface area contributed by atoms with E-state index in [1.54, 1.807) is 0 Å². The fourth-order valence-corrected chi connectivity index (χ4v) is 1.25. The molecule has 0 aliphatic rings. The molecular formula is C10H18O. The van der Waals surface area contributed by atoms with Crippen LogP contribution in [0.3, 0.4) is 0 Å². The van der Waals surface area contributed by atoms with E-state index in [2.05, 4.69) is 6.92 Å². The fraction of sp³-hybridized carbons (Fsp3) is 0.700. The van der Waals surface area contributed by atoms with Crippen LogP contribution in [0.15, 0.2) is 11.6 Å². The molecule has 64 valence electrons. The van der Waals surface area contributed by atoms with Crippen molar-refractivity contribution in [3.05, 3.63) is 11.6 Å². The van der Waals surface area contributed by atoms with E-state index in [0.29, 0.717) is 12.2 Å². The number of hydrogen-bond donors (Lipinski definition) is 0. The van der Waals surface area contributed by atoms with Gasteiger partial charge >= 0.3 is 0 Å². The summed E-state index contributed by atoms with van der Waals surface area (Å²) in [6, 6.07) is 0. The highest BCUT2D eigenvalue weighted by Gasteiger charge is 2.14. The summed E-state index contributed by atoms with van der Waals surface area (Å²) < 4.78 is 0. The van der Waals surface area contributed by atoms with Gasteiger partial charge in [0, 0.05) is 12.3 Å². The summed E-state index contributed by atoms with van der Waals surface area (Å²) in [5, 5.41) is 0. The lowest BCUT2D eigenvalue weighted by atomic mass is 9.92. The van der Waals surface area contributed by atoms with Crippen molar-refractivity contribution in [1.29, 1.82) is 0 Å². The highest BCUT2D eigenvalue weighted by Crippen LogP contribution is 2.16. The lowest BCUT2D eigenvalue weighted by Gasteiger charge is -2.12. The SMILES string of the molecule is CC=C(C)C(CC)C(=O)CC. The van der Waals surface area contributed by atoms with Crippen molar-refractivity contribution in [2.45, 2.75) is 40.5 Å². The molecule has 0 heterocycles. The molecule has 0 aliphatic heterocycles. The van der Waals surface area contributed by atoms with E-state index in [1.165, 1.54) is 5.57 Å². The van der Waals surface area contributed by atoms with Gasteiger partial charge in [-0.15, -0.1) is 0 Å². The van der Waals surface area contributed by atoms with Crippen LogP contribution in [0.2, 0.25) is 0 Å². The number of carbonyl (C=O) groups excluding carboxylic acids is 1. The molecule has 0 aromatic carbocycles. The minimum absolute atomic E-state index is 0.171. The lowest BCUT2D eigenvalue weighted by Crippen LogP contribution is -2.13. The molecule has 0 N–H and O–H groups in total. The van der Waals surface area contributed by atoms with Crippen LogP contribution in [0.1, 0.15) is 40.5 Å². The van der Waals surface area contributed by atoms with E-state index >= 15 is 0 Å². The van der Waals surface area contributed by atoms with Crippen LogP contribution in [-0.4, -0.2) is 5.78 Å². The molecule has 1 nitrogen and oxygen atoms in total. The van der Waals surface area contributed by atoms with Crippen LogP contribution >= 0.6 is 0 Å². The third-order valence-electron chi connectivity index (χ3n) is 2.15. The van der Waals surface area contributed by atoms with Crippen molar-refractivity contribution in [2.75, 3.05) is 0 Å². The largest absolute Gasteiger partial charge is 0.299 e. The maximum absolute atomic E-state index is 11.3. The van der Waals surface area contributed by atoms with Gasteiger partial charge in [0.25, 0.3) is 0 Å². The third kappa shape index (κ3) is 2.87. The van der Waals surface area contributed by atoms with Gasteiger partial charge in [-0.3, -0.25) is 4.79 Å². The molecule has 0 bridgehead atoms. The van der Waals surface area contributed by atoms with Crippen molar-refractivity contribution >= 4 is 5.78 Å². The van der Waals surface area contributed by atoms with Crippen LogP contribution in [0, 0.1) is 5.92 Å². The maximum Gasteiger partial charge on any atom is 0.139 e. The summed E-state index contributed by atoms with van der Waals surface area (Å²) >= 11 is 0. The first-order chi connectivity index (χ1) is 5.17. The second-order valence-electron chi connectivity index (χ2n) is 2.81. The normalized spacial score (nSPS) is 14.7. The Balaban J connectivity index is 4.28. The van der Waals surface area contributed by atoms with Gasteiger partial charge in [0.05, 0.1) is 0 Å². The zero-order chi connectivity index (χ0) is 8.85. The van der Waals surface area contributed by atoms with Crippen LogP contribution in [0.25, 0.3) is 0 Å². The molecule has 1 heteroatoms. The van der Waals surface area contributed by atoms with Gasteiger partial charge in [-0.25, -0.2) is 0 Å². The predicted octanol–water partition coefficient (Wildman–Crippen LogP) is 2.96. The standard InChI is InChI=1S/C10H18O/c1-5-8(4)9(6-2)10(11)7-3/h5,9H,6-7H2,1-4H3. The minimum Gasteiger partial charge on any atom is -0.299 e. The van der Waals surface area contributed by atoms with E-state index in [-0.39, 0.29) is 5.92 Å². The van der Waals surface area contributed by atoms with Gasteiger partial charge < -0.3 is 0 Å². The summed E-state index contributed by atoms with van der Waals surface area (Å²) in [6.07, 6.45) is 3.62. The second-order valence-corrected chi connectivity index (χ2v) is 2.81. The highest BCUT2D eigenvalue weighted by molar-refractivity contribution is 5.83. The molecule has 1 unspecified atom stereocenters. The first kappa shape index (κ1) is 10.4. The monoisotopic (exact) mass is 154 g/mol. The number of Topliss-reactive ketones (excluding diaryl/α,β-unsaturated/α-hetero) is 1. The lowest BCUT2D eigenvalue weighted by molar-refractivity contribution is -0.121. The molecule has 0 spiro atoms. The maximum atomic E-state index is 11.3. The van der Waals surface area contributed by atoms with Crippen molar-refractivity contribution in [2.24, 2.45) is 5.92 Å². The zero-order valence-electron chi connectivity index (χ0n) is 7.98. The molecule has 0 saturated carbocycles. The van der Waals surface area contributed by atoms with Gasteiger partial charge in [0.15, 0.2) is 0 Å². The van der Waals surface area contributed by atoms with E-state index in [1.807, 2.05) is 26.8 Å². The summed E-state index contributed by atoms with van der Waals surface area (Å²) in [5.41, 5.74) is 1.21. The molecule has 1 atom stereocenters. The number of hydrogen-bond acceptors (Lipinski definition) is 1. The topological polar surface area (TPSA) is 17.1 Å². The summed E-state index contributed by atoms with van der Waals surface area (Å²) in [7, 11) is 0. The average Bonchev–Trinajstić information content (AvgIpc) is 2.05. The predicted molar refractivity (Wildman–Crippen MR) is 48.5 cm³/mol. The van der Waals surface area contributed by atoms with E-state index < -0.39 is 0 Å². The third-order valence-corrected chi connectivity index (χ3v) is 2.15. The number of allylic oxidation sites excluding steroid dienone is 2. The Morgan fingerprint density at radius 1 is 1.45 bits per heavy atom. The second kappa shape index (κ2) is 5.11. The molecule has 0 rings (SSSR count). The average molecular weight is 154 g/mol. The van der Waals surface area contributed by atoms with Crippen LogP contribution < -0.4 is 0 Å². The first-order valence-electron chi connectivity index (χ1n) is 4.32. The summed E-state index contributed by atoms with van der Waals surface area (Å²) in [4.78, 5) is 11.3. The minimum atomic E-state index is 0.171. The Hall–Kier alpha value is -0.590. The fourth-order valence-electron chi connectivity index (χ4n) is 1.25. The molecular weight excluding hydrogens is 136 g/mol. The van der Waals surface area contributed by atoms with Gasteiger partial charge in [0.1, 0.15) is 5.78 Å². The number of rotatable bonds is 4. The Morgan fingerprint density at radius 2 is 2.00 bits per heavy atom. The van der Waals surface area contributed by atoms with Crippen molar-refractivity contribution < 1.29 is 4.79 Å². The van der Waals surface area contributed by atoms with E-state index in [9.17, 15) is 4.79 Å². The van der Waals surface area contributed by atoms with Gasteiger partial charge in [0.2, 0.25) is 0 Å². The molecule has 0 amide bonds. The number of carbonyl (C=O) groups is 1. The molecule has 0 aliphatic carbocycles. The van der Waals surface area contributed by atoms with Crippen molar-refractivity contribution in [3.8, 4) is 0 Å². The van der Waals surface area contributed by atoms with E-state index in [4.69, 9.17) is 0 Å². The van der Waals surface area contributed by atoms with Crippen molar-refractivity contribution in [3.63, 3.8) is 0 Å². The Labute approximate surface area is 69.5 Å². The molecule has 0 fully saturated rings. The molecule has 0 saturated heterocycles. The number of ketones is 1. The Kier molecular flexibility index (Phi) is 4.84. The smallest absolute Gasteiger partial charge is 0.139 e. The van der Waals surface area contributed by atoms with Crippen LogP contribution in [0.4, 0.5) is 0 Å². The van der Waals surface area contributed by atoms with Crippen molar-refractivity contribution in [1.82, 2.24) is 0 Å². The summed E-state index contributed by atoms with van der Waals surface area (Å²) in [5.74, 6) is 0.535. The first-order valence-corrected chi connectivity index (χ1v) is 4.32. The molecule has 0 aromatic heterocycles. The Morgan fingerprint density at radius 3 is 2.27 bits per heavy atom. The van der Waals surface area contributed by atoms with Gasteiger partial charge in [-0.05, 0) is 20.3 Å². The Bertz CT molecular complexity index is 156. The van der Waals surface area contributed by atoms with Crippen LogP contribution in [0.5, 0.6) is 0 Å². The highest BCUT2D eigenvalue weighted by atomic mass is 16.1. The molecule has 0 aromatic rings. The molecule has 11 heavy (non-hydrogen) atoms. The van der Waals surface area contributed by atoms with E-state index in [0.717, 1.165) is 6.42 Å². The molecule has 0 radical (unpaired) electrons. The van der Waals surface area contributed by atoms with Crippen LogP contribution in [-0.2, 0) is 4.79 Å². The zero-order valence-corrected chi connectivity index (χ0v) is 7.98. The summed E-state index contributed by atoms with van der Waals surface area (Å²) in [6.45, 7) is 8.00. The van der Waals surface area contributed by atoms with Gasteiger partial charge in [-0.1, -0.05) is 25.5 Å².